The first-order valence-corrected chi connectivity index (χ1v) is 3.37. The fraction of sp³-hybridized carbons (Fsp3) is 0.714. The lowest BCUT2D eigenvalue weighted by atomic mass is 10.1. The van der Waals surface area contributed by atoms with Gasteiger partial charge >= 0.3 is 0 Å². The standard InChI is InChI=1S/C7H14N2/c1-2-3-4-5-6-7(8)9/h1-6H2,(H2-,8,9). The third-order valence-electron chi connectivity index (χ3n) is 1.18. The number of nitrogens with zero attached hydrogens (tertiary/aromatic N) is 1. The molecular weight excluding hydrogens is 112 g/mol. The lowest BCUT2D eigenvalue weighted by molar-refractivity contribution is 0.705. The zero-order valence-electron chi connectivity index (χ0n) is 5.77. The van der Waals surface area contributed by atoms with E-state index in [9.17, 15) is 0 Å². The lowest BCUT2D eigenvalue weighted by Gasteiger charge is -2.00. The predicted molar refractivity (Wildman–Crippen MR) is 41.0 cm³/mol. The molecule has 52 valence electrons. The summed E-state index contributed by atoms with van der Waals surface area (Å²) in [6.07, 6.45) is 4.85. The van der Waals surface area contributed by atoms with Crippen LogP contribution < -0.4 is 5.73 Å². The minimum atomic E-state index is 0.0547. The van der Waals surface area contributed by atoms with Crippen molar-refractivity contribution in [1.82, 2.24) is 0 Å². The summed E-state index contributed by atoms with van der Waals surface area (Å²) >= 11 is 0. The summed E-state index contributed by atoms with van der Waals surface area (Å²) in [4.78, 5) is 0. The highest BCUT2D eigenvalue weighted by atomic mass is 14.7. The van der Waals surface area contributed by atoms with Crippen molar-refractivity contribution in [2.24, 2.45) is 5.73 Å². The third-order valence-corrected chi connectivity index (χ3v) is 1.18. The summed E-state index contributed by atoms with van der Waals surface area (Å²) in [6.45, 7) is 3.70. The molecule has 0 radical (unpaired) electrons. The molecule has 0 rings (SSSR count). The molecule has 0 heterocycles. The quantitative estimate of drug-likeness (QED) is 0.259. The van der Waals surface area contributed by atoms with Gasteiger partial charge in [-0.05, 0) is 25.7 Å². The molecule has 0 aromatic carbocycles. The van der Waals surface area contributed by atoms with Crippen LogP contribution in [0.4, 0.5) is 0 Å². The molecule has 0 unspecified atom stereocenters. The lowest BCUT2D eigenvalue weighted by Crippen LogP contribution is -2.07. The molecule has 2 N–H and O–H groups in total. The topological polar surface area (TPSA) is 48.3 Å². The summed E-state index contributed by atoms with van der Waals surface area (Å²) in [5.74, 6) is 0.0547. The molecule has 0 aliphatic heterocycles. The number of amidine groups is 1. The van der Waals surface area contributed by atoms with E-state index >= 15 is 0 Å². The molecule has 2 nitrogen and oxygen atoms in total. The first kappa shape index (κ1) is 8.34. The number of rotatable bonds is 5. The Bertz CT molecular complexity index is 79.0. The fourth-order valence-corrected chi connectivity index (χ4v) is 0.660. The molecule has 0 aliphatic rings. The van der Waals surface area contributed by atoms with E-state index < -0.39 is 0 Å². The van der Waals surface area contributed by atoms with Crippen LogP contribution in [-0.4, -0.2) is 5.84 Å². The Morgan fingerprint density at radius 2 is 2.00 bits per heavy atom. The highest BCUT2D eigenvalue weighted by Crippen LogP contribution is 2.00. The van der Waals surface area contributed by atoms with Crippen molar-refractivity contribution in [3.8, 4) is 0 Å². The van der Waals surface area contributed by atoms with Crippen LogP contribution >= 0.6 is 0 Å². The van der Waals surface area contributed by atoms with Crippen molar-refractivity contribution in [2.75, 3.05) is 0 Å². The number of unbranched alkanes of at least 4 members (excludes halogenated alkanes) is 3. The van der Waals surface area contributed by atoms with E-state index in [0.29, 0.717) is 6.42 Å². The second-order valence-corrected chi connectivity index (χ2v) is 2.16. The summed E-state index contributed by atoms with van der Waals surface area (Å²) in [7, 11) is 0. The van der Waals surface area contributed by atoms with Gasteiger partial charge in [0.05, 0.1) is 13.3 Å². The van der Waals surface area contributed by atoms with Crippen LogP contribution in [0, 0.1) is 6.92 Å². The van der Waals surface area contributed by atoms with Gasteiger partial charge in [0, 0.05) is 0 Å². The van der Waals surface area contributed by atoms with Crippen molar-refractivity contribution in [3.63, 3.8) is 0 Å². The maximum absolute atomic E-state index is 8.53. The van der Waals surface area contributed by atoms with E-state index in [0.717, 1.165) is 25.7 Å². The Morgan fingerprint density at radius 1 is 1.33 bits per heavy atom. The number of hydrogen-bond donors (Lipinski definition) is 1. The molecule has 0 amide bonds. The molecule has 0 saturated heterocycles. The summed E-state index contributed by atoms with van der Waals surface area (Å²) in [6, 6.07) is 0. The van der Waals surface area contributed by atoms with Crippen molar-refractivity contribution >= 4 is 5.84 Å². The SMILES string of the molecule is [CH2+]CCCCCC(=[N-])N. The highest BCUT2D eigenvalue weighted by molar-refractivity contribution is 5.83. The second kappa shape index (κ2) is 5.48. The zero-order chi connectivity index (χ0) is 7.11. The van der Waals surface area contributed by atoms with Crippen molar-refractivity contribution in [2.45, 2.75) is 32.1 Å². The van der Waals surface area contributed by atoms with Gasteiger partial charge in [-0.3, -0.25) is 0 Å². The van der Waals surface area contributed by atoms with Gasteiger partial charge in [-0.1, -0.05) is 5.84 Å². The van der Waals surface area contributed by atoms with Crippen LogP contribution in [0.3, 0.4) is 0 Å². The van der Waals surface area contributed by atoms with Crippen LogP contribution in [0.1, 0.15) is 32.1 Å². The van der Waals surface area contributed by atoms with Crippen LogP contribution in [0.5, 0.6) is 0 Å². The van der Waals surface area contributed by atoms with Crippen molar-refractivity contribution in [3.05, 3.63) is 12.3 Å². The van der Waals surface area contributed by atoms with Crippen LogP contribution in [-0.2, 0) is 0 Å². The minimum Gasteiger partial charge on any atom is -0.498 e. The zero-order valence-corrected chi connectivity index (χ0v) is 5.77. The number of hydrogen-bond acceptors (Lipinski definition) is 0. The maximum atomic E-state index is 8.53. The van der Waals surface area contributed by atoms with Gasteiger partial charge in [-0.15, -0.1) is 0 Å². The molecule has 9 heavy (non-hydrogen) atoms. The summed E-state index contributed by atoms with van der Waals surface area (Å²) < 4.78 is 0. The second-order valence-electron chi connectivity index (χ2n) is 2.16. The largest absolute Gasteiger partial charge is 0.498 e. The van der Waals surface area contributed by atoms with Crippen LogP contribution in [0.25, 0.3) is 5.41 Å². The van der Waals surface area contributed by atoms with E-state index in [1.807, 2.05) is 0 Å². The number of nitrogens with two attached hydrogens (primary N) is 1. The Balaban J connectivity index is 2.83. The molecule has 0 aliphatic carbocycles. The molecule has 0 saturated carbocycles. The fourth-order valence-electron chi connectivity index (χ4n) is 0.660. The van der Waals surface area contributed by atoms with Gasteiger partial charge in [-0.25, -0.2) is 0 Å². The summed E-state index contributed by atoms with van der Waals surface area (Å²) in [5.41, 5.74) is 5.03. The first-order valence-electron chi connectivity index (χ1n) is 3.37. The molecule has 0 spiro atoms. The van der Waals surface area contributed by atoms with Crippen molar-refractivity contribution in [1.29, 1.82) is 0 Å². The van der Waals surface area contributed by atoms with Gasteiger partial charge in [0.25, 0.3) is 0 Å². The van der Waals surface area contributed by atoms with Gasteiger partial charge in [0.2, 0.25) is 0 Å². The van der Waals surface area contributed by atoms with Gasteiger partial charge < -0.3 is 11.1 Å². The van der Waals surface area contributed by atoms with E-state index in [1.165, 1.54) is 0 Å². The molecule has 0 bridgehead atoms. The molecular formula is C7H14N2. The Hall–Kier alpha value is -0.660. The normalized spacial score (nSPS) is 9.33. The van der Waals surface area contributed by atoms with Crippen LogP contribution in [0.15, 0.2) is 0 Å². The van der Waals surface area contributed by atoms with Crippen LogP contribution in [0.2, 0.25) is 0 Å². The smallest absolute Gasteiger partial charge is 0.0850 e. The third kappa shape index (κ3) is 7.34. The average molecular weight is 126 g/mol. The summed E-state index contributed by atoms with van der Waals surface area (Å²) in [5, 5.41) is 8.53. The van der Waals surface area contributed by atoms with E-state index in [1.54, 1.807) is 0 Å². The molecule has 0 atom stereocenters. The Labute approximate surface area is 57.0 Å². The Morgan fingerprint density at radius 3 is 2.44 bits per heavy atom. The van der Waals surface area contributed by atoms with Gasteiger partial charge in [0.15, 0.2) is 0 Å². The van der Waals surface area contributed by atoms with E-state index in [4.69, 9.17) is 11.1 Å². The predicted octanol–water partition coefficient (Wildman–Crippen LogP) is 1.70. The van der Waals surface area contributed by atoms with Gasteiger partial charge in [-0.2, -0.15) is 0 Å². The monoisotopic (exact) mass is 126 g/mol. The Kier molecular flexibility index (Phi) is 5.07. The molecule has 0 aromatic heterocycles. The van der Waals surface area contributed by atoms with Gasteiger partial charge in [0.1, 0.15) is 0 Å². The first-order chi connectivity index (χ1) is 4.27. The average Bonchev–Trinajstić information content (AvgIpc) is 1.80. The van der Waals surface area contributed by atoms with E-state index in [2.05, 4.69) is 6.92 Å². The van der Waals surface area contributed by atoms with Crippen molar-refractivity contribution < 1.29 is 0 Å². The highest BCUT2D eigenvalue weighted by Gasteiger charge is 1.87. The maximum Gasteiger partial charge on any atom is 0.0850 e. The molecule has 2 heteroatoms. The molecule has 0 fully saturated rings. The van der Waals surface area contributed by atoms with E-state index in [-0.39, 0.29) is 5.84 Å². The molecule has 0 aromatic rings. The minimum absolute atomic E-state index is 0.0547.